The van der Waals surface area contributed by atoms with E-state index >= 15 is 0 Å². The van der Waals surface area contributed by atoms with Crippen LogP contribution >= 0.6 is 0 Å². The molecule has 3 unspecified atom stereocenters. The first-order valence-corrected chi connectivity index (χ1v) is 26.9. The third-order valence-electron chi connectivity index (χ3n) is 10.8. The van der Waals surface area contributed by atoms with Gasteiger partial charge in [-0.25, -0.2) is 0 Å². The molecule has 39 heavy (non-hydrogen) atoms. The molecule has 1 aliphatic heterocycles. The SMILES string of the molecule is CC(C)(C)[Si](C)(C)OC[C@H]1NCC(O[Si](C)(C)C(C)(C)C)C(O[Si](C)(C)C(C)(C)C)C1O[Si](C)(C)C(C)(C)C. The predicted molar refractivity (Wildman–Crippen MR) is 181 cm³/mol. The second kappa shape index (κ2) is 12.0. The Morgan fingerprint density at radius 2 is 0.846 bits per heavy atom. The van der Waals surface area contributed by atoms with E-state index in [4.69, 9.17) is 17.7 Å². The molecule has 1 fully saturated rings. The number of nitrogens with one attached hydrogen (secondary N) is 1. The molecule has 0 radical (unpaired) electrons. The molecule has 0 aromatic heterocycles. The zero-order valence-electron chi connectivity index (χ0n) is 29.9. The molecule has 1 heterocycles. The van der Waals surface area contributed by atoms with Gasteiger partial charge in [0.15, 0.2) is 33.3 Å². The van der Waals surface area contributed by atoms with Gasteiger partial charge in [-0.2, -0.15) is 0 Å². The lowest BCUT2D eigenvalue weighted by molar-refractivity contribution is -0.0822. The van der Waals surface area contributed by atoms with Gasteiger partial charge in [-0.3, -0.25) is 0 Å². The average Bonchev–Trinajstić information content (AvgIpc) is 2.65. The zero-order chi connectivity index (χ0) is 31.3. The number of piperidine rings is 1. The molecule has 9 heteroatoms. The van der Waals surface area contributed by atoms with Crippen LogP contribution in [-0.2, 0) is 17.7 Å². The van der Waals surface area contributed by atoms with Gasteiger partial charge >= 0.3 is 0 Å². The van der Waals surface area contributed by atoms with Gasteiger partial charge in [-0.1, -0.05) is 83.1 Å². The highest BCUT2D eigenvalue weighted by Gasteiger charge is 2.53. The molecule has 1 aliphatic rings. The van der Waals surface area contributed by atoms with Crippen molar-refractivity contribution in [2.45, 2.75) is 180 Å². The Bertz CT molecular complexity index is 802. The predicted octanol–water partition coefficient (Wildman–Crippen LogP) is 9.15. The topological polar surface area (TPSA) is 49.0 Å². The molecule has 0 aliphatic carbocycles. The highest BCUT2D eigenvalue weighted by Crippen LogP contribution is 2.44. The van der Waals surface area contributed by atoms with Gasteiger partial charge in [0.05, 0.1) is 31.0 Å². The van der Waals surface area contributed by atoms with Gasteiger partial charge in [0.2, 0.25) is 0 Å². The van der Waals surface area contributed by atoms with Crippen LogP contribution in [0.5, 0.6) is 0 Å². The van der Waals surface area contributed by atoms with Gasteiger partial charge < -0.3 is 23.0 Å². The summed E-state index contributed by atoms with van der Waals surface area (Å²) in [6.07, 6.45) is -0.324. The second-order valence-electron chi connectivity index (χ2n) is 18.2. The van der Waals surface area contributed by atoms with Crippen molar-refractivity contribution in [3.05, 3.63) is 0 Å². The van der Waals surface area contributed by atoms with Gasteiger partial charge in [0.1, 0.15) is 0 Å². The molecular weight excluding hydrogens is 551 g/mol. The molecule has 0 bridgehead atoms. The van der Waals surface area contributed by atoms with Crippen molar-refractivity contribution in [2.24, 2.45) is 0 Å². The van der Waals surface area contributed by atoms with Crippen LogP contribution in [0.15, 0.2) is 0 Å². The summed E-state index contributed by atoms with van der Waals surface area (Å²) >= 11 is 0. The Balaban J connectivity index is 3.64. The third kappa shape index (κ3) is 9.32. The van der Waals surface area contributed by atoms with Crippen LogP contribution in [0.3, 0.4) is 0 Å². The van der Waals surface area contributed by atoms with Crippen LogP contribution in [0, 0.1) is 0 Å². The van der Waals surface area contributed by atoms with Crippen LogP contribution in [0.2, 0.25) is 72.5 Å². The molecule has 0 spiro atoms. The molecular formula is C30H69NO4Si4. The summed E-state index contributed by atoms with van der Waals surface area (Å²) < 4.78 is 28.7. The first-order valence-electron chi connectivity index (χ1n) is 15.3. The van der Waals surface area contributed by atoms with Crippen molar-refractivity contribution in [3.63, 3.8) is 0 Å². The quantitative estimate of drug-likeness (QED) is 0.261. The smallest absolute Gasteiger partial charge is 0.192 e. The molecule has 0 aromatic carbocycles. The van der Waals surface area contributed by atoms with Gasteiger partial charge in [-0.15, -0.1) is 0 Å². The molecule has 234 valence electrons. The molecule has 5 nitrogen and oxygen atoms in total. The van der Waals surface area contributed by atoms with E-state index in [0.29, 0.717) is 6.61 Å². The summed E-state index contributed by atoms with van der Waals surface area (Å²) in [6, 6.07) is 0.0577. The first-order chi connectivity index (χ1) is 16.9. The maximum absolute atomic E-state index is 7.36. The Morgan fingerprint density at radius 1 is 0.513 bits per heavy atom. The molecule has 0 amide bonds. The van der Waals surface area contributed by atoms with Crippen molar-refractivity contribution in [2.75, 3.05) is 13.2 Å². The molecule has 1 rings (SSSR count). The average molecular weight is 620 g/mol. The molecule has 4 atom stereocenters. The minimum absolute atomic E-state index is 0.0566. The van der Waals surface area contributed by atoms with E-state index in [2.05, 4.69) is 141 Å². The van der Waals surface area contributed by atoms with Crippen molar-refractivity contribution in [1.29, 1.82) is 0 Å². The largest absolute Gasteiger partial charge is 0.415 e. The Morgan fingerprint density at radius 3 is 1.21 bits per heavy atom. The van der Waals surface area contributed by atoms with Crippen molar-refractivity contribution < 1.29 is 17.7 Å². The summed E-state index contributed by atoms with van der Waals surface area (Å²) in [5.41, 5.74) is 0. The number of rotatable bonds is 9. The third-order valence-corrected chi connectivity index (χ3v) is 28.8. The van der Waals surface area contributed by atoms with Gasteiger partial charge in [0, 0.05) is 6.54 Å². The van der Waals surface area contributed by atoms with E-state index in [1.54, 1.807) is 0 Å². The first kappa shape index (κ1) is 37.7. The van der Waals surface area contributed by atoms with Crippen LogP contribution < -0.4 is 5.32 Å². The molecule has 0 saturated carbocycles. The monoisotopic (exact) mass is 619 g/mol. The summed E-state index contributed by atoms with van der Waals surface area (Å²) in [7, 11) is -8.24. The Labute approximate surface area is 248 Å². The van der Waals surface area contributed by atoms with E-state index in [-0.39, 0.29) is 44.5 Å². The van der Waals surface area contributed by atoms with E-state index in [0.717, 1.165) is 6.54 Å². The highest BCUT2D eigenvalue weighted by atomic mass is 28.4. The molecule has 0 aromatic rings. The summed E-state index contributed by atoms with van der Waals surface area (Å²) in [4.78, 5) is 0. The standard InChI is InChI=1S/C30H69NO4Si4/c1-27(2,3)36(13,14)32-22-23-25(34-38(17,18)29(7,8)9)26(35-39(19,20)30(10,11)12)24(21-31-23)33-37(15,16)28(4,5)6/h23-26,31H,21-22H2,1-20H3/t23-,24?,25?,26?/m1/s1. The van der Waals surface area contributed by atoms with E-state index in [1.165, 1.54) is 0 Å². The minimum atomic E-state index is -2.13. The normalized spacial score (nSPS) is 25.2. The maximum atomic E-state index is 7.36. The minimum Gasteiger partial charge on any atom is -0.415 e. The van der Waals surface area contributed by atoms with E-state index in [9.17, 15) is 0 Å². The summed E-state index contributed by atoms with van der Waals surface area (Å²) in [5, 5.41) is 4.33. The molecule has 1 N–H and O–H groups in total. The highest BCUT2D eigenvalue weighted by molar-refractivity contribution is 6.75. The maximum Gasteiger partial charge on any atom is 0.192 e. The second-order valence-corrected chi connectivity index (χ2v) is 37.3. The number of hydrogen-bond donors (Lipinski definition) is 1. The Hall–Kier alpha value is 0.668. The number of hydrogen-bond acceptors (Lipinski definition) is 5. The van der Waals surface area contributed by atoms with Gasteiger partial charge in [0.25, 0.3) is 0 Å². The van der Waals surface area contributed by atoms with Gasteiger partial charge in [-0.05, 0) is 72.5 Å². The lowest BCUT2D eigenvalue weighted by Gasteiger charge is -2.53. The summed E-state index contributed by atoms with van der Waals surface area (Å²) in [6.45, 7) is 48.1. The van der Waals surface area contributed by atoms with Crippen LogP contribution in [-0.4, -0.2) is 70.8 Å². The van der Waals surface area contributed by atoms with E-state index in [1.807, 2.05) is 0 Å². The summed E-state index contributed by atoms with van der Waals surface area (Å²) in [5.74, 6) is 0. The fraction of sp³-hybridized carbons (Fsp3) is 1.00. The fourth-order valence-corrected chi connectivity index (χ4v) is 8.61. The van der Waals surface area contributed by atoms with Crippen LogP contribution in [0.1, 0.15) is 83.1 Å². The lowest BCUT2D eigenvalue weighted by atomic mass is 9.97. The van der Waals surface area contributed by atoms with Crippen LogP contribution in [0.25, 0.3) is 0 Å². The van der Waals surface area contributed by atoms with Crippen molar-refractivity contribution in [1.82, 2.24) is 5.32 Å². The Kier molecular flexibility index (Phi) is 11.6. The van der Waals surface area contributed by atoms with Crippen LogP contribution in [0.4, 0.5) is 0 Å². The van der Waals surface area contributed by atoms with Crippen molar-refractivity contribution >= 4 is 33.3 Å². The lowest BCUT2D eigenvalue weighted by Crippen LogP contribution is -2.69. The molecule has 1 saturated heterocycles. The fourth-order valence-electron chi connectivity index (χ4n) is 3.60. The van der Waals surface area contributed by atoms with Crippen molar-refractivity contribution in [3.8, 4) is 0 Å². The zero-order valence-corrected chi connectivity index (χ0v) is 33.9. The van der Waals surface area contributed by atoms with E-state index < -0.39 is 33.3 Å².